The molecule has 2 aliphatic rings. The minimum atomic E-state index is -1.09. The van der Waals surface area contributed by atoms with Crippen LogP contribution >= 0.6 is 0 Å². The standard InChI is InChI=1S/C28H52O7/c1-3-5-6-7-8-9-10-11-12-13-14-15-16-17-18-19-25(31)35-26-23(30)20-33-27(26)28(22-29)24(21-34-28)32-4-2/h23-24,26-27,29-30H,3-22H2,1-2H3/t23-,24?,26+,27-,28-/m0/s1. The third-order valence-corrected chi connectivity index (χ3v) is 7.52. The average molecular weight is 501 g/mol. The molecule has 7 nitrogen and oxygen atoms in total. The summed E-state index contributed by atoms with van der Waals surface area (Å²) in [6.45, 7) is 4.70. The minimum absolute atomic E-state index is 0.0471. The molecule has 0 aromatic heterocycles. The number of esters is 1. The van der Waals surface area contributed by atoms with Gasteiger partial charge in [0.05, 0.1) is 19.8 Å². The summed E-state index contributed by atoms with van der Waals surface area (Å²) in [6.07, 6.45) is 16.6. The summed E-state index contributed by atoms with van der Waals surface area (Å²) in [4.78, 5) is 12.4. The summed E-state index contributed by atoms with van der Waals surface area (Å²) in [7, 11) is 0. The van der Waals surface area contributed by atoms with E-state index < -0.39 is 23.9 Å². The fourth-order valence-electron chi connectivity index (χ4n) is 5.26. The summed E-state index contributed by atoms with van der Waals surface area (Å²) in [5.41, 5.74) is -1.09. The van der Waals surface area contributed by atoms with E-state index in [1.807, 2.05) is 6.92 Å². The third-order valence-electron chi connectivity index (χ3n) is 7.52. The van der Waals surface area contributed by atoms with E-state index in [1.54, 1.807) is 0 Å². The van der Waals surface area contributed by atoms with Crippen molar-refractivity contribution in [2.75, 3.05) is 26.4 Å². The lowest BCUT2D eigenvalue weighted by molar-refractivity contribution is -0.311. The Morgan fingerprint density at radius 2 is 1.40 bits per heavy atom. The normalized spacial score (nSPS) is 28.2. The Labute approximate surface area is 213 Å². The second-order valence-electron chi connectivity index (χ2n) is 10.3. The summed E-state index contributed by atoms with van der Waals surface area (Å²) in [5.74, 6) is -0.334. The molecule has 2 saturated heterocycles. The Morgan fingerprint density at radius 1 is 0.857 bits per heavy atom. The number of carbonyl (C=O) groups is 1. The summed E-state index contributed by atoms with van der Waals surface area (Å²) < 4.78 is 22.6. The van der Waals surface area contributed by atoms with Gasteiger partial charge in [0.1, 0.15) is 23.9 Å². The van der Waals surface area contributed by atoms with Crippen LogP contribution in [0.15, 0.2) is 0 Å². The number of ether oxygens (including phenoxy) is 4. The minimum Gasteiger partial charge on any atom is -0.457 e. The van der Waals surface area contributed by atoms with Crippen molar-refractivity contribution in [2.45, 2.75) is 147 Å². The molecular weight excluding hydrogens is 448 g/mol. The van der Waals surface area contributed by atoms with Crippen LogP contribution in [-0.2, 0) is 23.7 Å². The first-order valence-corrected chi connectivity index (χ1v) is 14.4. The Hall–Kier alpha value is -0.730. The fourth-order valence-corrected chi connectivity index (χ4v) is 5.26. The zero-order valence-corrected chi connectivity index (χ0v) is 22.4. The number of unbranched alkanes of at least 4 members (excludes halogenated alkanes) is 14. The van der Waals surface area contributed by atoms with E-state index in [4.69, 9.17) is 18.9 Å². The Bertz CT molecular complexity index is 553. The molecule has 0 saturated carbocycles. The molecule has 0 spiro atoms. The van der Waals surface area contributed by atoms with Crippen LogP contribution in [0.4, 0.5) is 0 Å². The molecule has 0 bridgehead atoms. The van der Waals surface area contributed by atoms with Crippen LogP contribution in [0.1, 0.15) is 117 Å². The highest BCUT2D eigenvalue weighted by molar-refractivity contribution is 5.69. The average Bonchev–Trinajstić information content (AvgIpc) is 3.20. The van der Waals surface area contributed by atoms with Crippen molar-refractivity contribution < 1.29 is 34.0 Å². The molecule has 2 fully saturated rings. The largest absolute Gasteiger partial charge is 0.457 e. The van der Waals surface area contributed by atoms with E-state index in [0.717, 1.165) is 19.3 Å². The lowest BCUT2D eigenvalue weighted by atomic mass is 9.83. The summed E-state index contributed by atoms with van der Waals surface area (Å²) >= 11 is 0. The molecule has 1 unspecified atom stereocenters. The Kier molecular flexibility index (Phi) is 15.4. The highest BCUT2D eigenvalue weighted by Crippen LogP contribution is 2.40. The van der Waals surface area contributed by atoms with Gasteiger partial charge in [-0.05, 0) is 13.3 Å². The number of hydrogen-bond donors (Lipinski definition) is 2. The Balaban J connectivity index is 1.51. The Morgan fingerprint density at radius 3 is 1.86 bits per heavy atom. The zero-order valence-electron chi connectivity index (χ0n) is 22.4. The molecule has 2 N–H and O–H groups in total. The van der Waals surface area contributed by atoms with Gasteiger partial charge in [-0.2, -0.15) is 0 Å². The highest BCUT2D eigenvalue weighted by atomic mass is 16.7. The van der Waals surface area contributed by atoms with Crippen LogP contribution in [-0.4, -0.2) is 72.6 Å². The van der Waals surface area contributed by atoms with Gasteiger partial charge >= 0.3 is 5.97 Å². The van der Waals surface area contributed by atoms with E-state index in [9.17, 15) is 15.0 Å². The van der Waals surface area contributed by atoms with Crippen LogP contribution in [0.2, 0.25) is 0 Å². The van der Waals surface area contributed by atoms with Crippen LogP contribution < -0.4 is 0 Å². The molecular formula is C28H52O7. The van der Waals surface area contributed by atoms with Gasteiger partial charge in [-0.3, -0.25) is 4.79 Å². The highest BCUT2D eigenvalue weighted by Gasteiger charge is 2.61. The van der Waals surface area contributed by atoms with Gasteiger partial charge in [0.25, 0.3) is 0 Å². The SMILES string of the molecule is CCCCCCCCCCCCCCCCCC(=O)O[C@@H]1[C@@H](O)CO[C@@H]1[C@@]1(CO)OCC1OCC. The lowest BCUT2D eigenvalue weighted by Gasteiger charge is -2.51. The molecule has 0 aliphatic carbocycles. The first-order valence-electron chi connectivity index (χ1n) is 14.4. The van der Waals surface area contributed by atoms with Gasteiger partial charge in [0, 0.05) is 13.0 Å². The molecule has 2 rings (SSSR count). The summed E-state index contributed by atoms with van der Waals surface area (Å²) in [6, 6.07) is 0. The van der Waals surface area contributed by atoms with Crippen molar-refractivity contribution in [2.24, 2.45) is 0 Å². The third kappa shape index (κ3) is 9.92. The predicted octanol–water partition coefficient (Wildman–Crippen LogP) is 5.09. The van der Waals surface area contributed by atoms with Crippen LogP contribution in [0.5, 0.6) is 0 Å². The van der Waals surface area contributed by atoms with Crippen molar-refractivity contribution in [3.63, 3.8) is 0 Å². The number of aliphatic hydroxyl groups excluding tert-OH is 2. The van der Waals surface area contributed by atoms with Crippen molar-refractivity contribution in [1.29, 1.82) is 0 Å². The topological polar surface area (TPSA) is 94.5 Å². The number of hydrogen-bond acceptors (Lipinski definition) is 7. The molecule has 7 heteroatoms. The van der Waals surface area contributed by atoms with Gasteiger partial charge in [0.15, 0.2) is 6.10 Å². The van der Waals surface area contributed by atoms with E-state index in [2.05, 4.69) is 6.92 Å². The first-order chi connectivity index (χ1) is 17.1. The van der Waals surface area contributed by atoms with Crippen molar-refractivity contribution >= 4 is 5.97 Å². The molecule has 206 valence electrons. The molecule has 0 amide bonds. The second kappa shape index (κ2) is 17.7. The van der Waals surface area contributed by atoms with Gasteiger partial charge in [-0.1, -0.05) is 96.8 Å². The monoisotopic (exact) mass is 500 g/mol. The van der Waals surface area contributed by atoms with E-state index in [1.165, 1.54) is 77.0 Å². The first kappa shape index (κ1) is 30.5. The van der Waals surface area contributed by atoms with Gasteiger partial charge in [0.2, 0.25) is 0 Å². The maximum atomic E-state index is 12.4. The van der Waals surface area contributed by atoms with Crippen LogP contribution in [0.25, 0.3) is 0 Å². The molecule has 0 aromatic rings. The molecule has 0 radical (unpaired) electrons. The summed E-state index contributed by atoms with van der Waals surface area (Å²) in [5, 5.41) is 20.3. The second-order valence-corrected chi connectivity index (χ2v) is 10.3. The van der Waals surface area contributed by atoms with E-state index in [0.29, 0.717) is 19.6 Å². The molecule has 2 aliphatic heterocycles. The molecule has 35 heavy (non-hydrogen) atoms. The van der Waals surface area contributed by atoms with Crippen LogP contribution in [0, 0.1) is 0 Å². The number of aliphatic hydroxyl groups is 2. The molecule has 0 aromatic carbocycles. The lowest BCUT2D eigenvalue weighted by Crippen LogP contribution is -2.70. The maximum Gasteiger partial charge on any atom is 0.306 e. The van der Waals surface area contributed by atoms with E-state index in [-0.39, 0.29) is 25.3 Å². The van der Waals surface area contributed by atoms with Gasteiger partial charge in [-0.15, -0.1) is 0 Å². The number of rotatable bonds is 21. The maximum absolute atomic E-state index is 12.4. The fraction of sp³-hybridized carbons (Fsp3) is 0.964. The molecule has 2 heterocycles. The number of carbonyl (C=O) groups excluding carboxylic acids is 1. The smallest absolute Gasteiger partial charge is 0.306 e. The van der Waals surface area contributed by atoms with Crippen molar-refractivity contribution in [3.05, 3.63) is 0 Å². The van der Waals surface area contributed by atoms with Crippen LogP contribution in [0.3, 0.4) is 0 Å². The quantitative estimate of drug-likeness (QED) is 0.167. The van der Waals surface area contributed by atoms with Gasteiger partial charge in [-0.25, -0.2) is 0 Å². The zero-order chi connectivity index (χ0) is 25.4. The van der Waals surface area contributed by atoms with E-state index >= 15 is 0 Å². The van der Waals surface area contributed by atoms with Gasteiger partial charge < -0.3 is 29.2 Å². The molecule has 5 atom stereocenters. The predicted molar refractivity (Wildman–Crippen MR) is 136 cm³/mol. The van der Waals surface area contributed by atoms with Crippen molar-refractivity contribution in [3.8, 4) is 0 Å². The van der Waals surface area contributed by atoms with Crippen molar-refractivity contribution in [1.82, 2.24) is 0 Å².